The van der Waals surface area contributed by atoms with E-state index in [1.165, 1.54) is 24.0 Å². The first-order valence-electron chi connectivity index (χ1n) is 8.70. The molecule has 3 N–H and O–H groups in total. The van der Waals surface area contributed by atoms with Crippen LogP contribution in [0.25, 0.3) is 11.3 Å². The van der Waals surface area contributed by atoms with Crippen LogP contribution in [0.1, 0.15) is 24.5 Å². The van der Waals surface area contributed by atoms with Crippen molar-refractivity contribution in [3.05, 3.63) is 47.0 Å². The number of hydrogen-bond acceptors (Lipinski definition) is 7. The molecule has 0 aromatic carbocycles. The molecule has 0 saturated carbocycles. The van der Waals surface area contributed by atoms with Crippen LogP contribution in [0.2, 0.25) is 5.15 Å². The number of aliphatic hydroxyl groups excluding tert-OH is 1. The molecule has 13 heteroatoms. The summed E-state index contributed by atoms with van der Waals surface area (Å²) in [4.78, 5) is 20.6. The van der Waals surface area contributed by atoms with Crippen LogP contribution in [0.5, 0.6) is 0 Å². The summed E-state index contributed by atoms with van der Waals surface area (Å²) in [6.45, 7) is 1.35. The van der Waals surface area contributed by atoms with Gasteiger partial charge in [0.1, 0.15) is 6.61 Å². The Bertz CT molecular complexity index is 1260. The Morgan fingerprint density at radius 2 is 2.17 bits per heavy atom. The lowest BCUT2D eigenvalue weighted by Crippen LogP contribution is -2.22. The van der Waals surface area contributed by atoms with Crippen LogP contribution in [-0.4, -0.2) is 47.4 Å². The van der Waals surface area contributed by atoms with Crippen LogP contribution < -0.4 is 10.6 Å². The van der Waals surface area contributed by atoms with Crippen molar-refractivity contribution in [3.8, 4) is 0 Å². The van der Waals surface area contributed by atoms with Crippen molar-refractivity contribution in [2.45, 2.75) is 19.6 Å². The highest BCUT2D eigenvalue weighted by Gasteiger charge is 2.19. The van der Waals surface area contributed by atoms with Gasteiger partial charge in [-0.1, -0.05) is 11.6 Å². The fourth-order valence-electron chi connectivity index (χ4n) is 2.93. The summed E-state index contributed by atoms with van der Waals surface area (Å²) in [6.07, 6.45) is 2.38. The Balaban J connectivity index is 1.62. The highest BCUT2D eigenvalue weighted by atomic mass is 35.5. The molecule has 0 saturated heterocycles. The van der Waals surface area contributed by atoms with E-state index in [9.17, 15) is 9.18 Å². The number of amides is 2. The number of hydrogen-bond donors (Lipinski definition) is 3. The number of methoxy groups -OCH3 is 1. The summed E-state index contributed by atoms with van der Waals surface area (Å²) >= 11 is 5.97. The van der Waals surface area contributed by atoms with E-state index in [0.717, 1.165) is 10.6 Å². The summed E-state index contributed by atoms with van der Waals surface area (Å²) in [5.74, 6) is -0.645. The number of aromatic nitrogens is 6. The Morgan fingerprint density at radius 1 is 1.37 bits per heavy atom. The van der Waals surface area contributed by atoms with Gasteiger partial charge in [0.2, 0.25) is 0 Å². The molecule has 156 valence electrons. The number of carbonyl (C=O) groups is 1. The predicted octanol–water partition coefficient (Wildman–Crippen LogP) is 2.41. The number of carbonyl (C=O) groups excluding carboxylic acids is 1. The molecular formula is C17H16ClFN8O3. The van der Waals surface area contributed by atoms with Gasteiger partial charge in [-0.05, 0) is 6.92 Å². The molecule has 0 radical (unpaired) electrons. The van der Waals surface area contributed by atoms with E-state index in [0.29, 0.717) is 17.0 Å². The molecule has 0 aliphatic carbocycles. The molecule has 4 rings (SSSR count). The van der Waals surface area contributed by atoms with Gasteiger partial charge in [-0.25, -0.2) is 28.2 Å². The van der Waals surface area contributed by atoms with E-state index >= 15 is 0 Å². The summed E-state index contributed by atoms with van der Waals surface area (Å²) in [7, 11) is 1.52. The number of nitrogens with one attached hydrogen (secondary N) is 2. The zero-order valence-corrected chi connectivity index (χ0v) is 16.6. The lowest BCUT2D eigenvalue weighted by Gasteiger charge is -2.17. The number of nitrogens with zero attached hydrogens (tertiary/aromatic N) is 6. The van der Waals surface area contributed by atoms with E-state index in [-0.39, 0.29) is 22.3 Å². The minimum absolute atomic E-state index is 0.0611. The maximum atomic E-state index is 14.2. The van der Waals surface area contributed by atoms with Crippen molar-refractivity contribution < 1.29 is 19.0 Å². The van der Waals surface area contributed by atoms with Crippen molar-refractivity contribution in [2.75, 3.05) is 17.7 Å². The van der Waals surface area contributed by atoms with E-state index < -0.39 is 24.6 Å². The zero-order chi connectivity index (χ0) is 21.4. The number of fused-ring (bicyclic) bond motifs is 2. The molecule has 1 atom stereocenters. The normalized spacial score (nSPS) is 12.4. The zero-order valence-electron chi connectivity index (χ0n) is 15.8. The van der Waals surface area contributed by atoms with Crippen LogP contribution >= 0.6 is 11.6 Å². The van der Waals surface area contributed by atoms with Crippen LogP contribution in [0.4, 0.5) is 20.6 Å². The summed E-state index contributed by atoms with van der Waals surface area (Å²) in [5.41, 5.74) is 1.41. The quantitative estimate of drug-likeness (QED) is 0.439. The number of anilines is 2. The van der Waals surface area contributed by atoms with Gasteiger partial charge in [-0.15, -0.1) is 5.10 Å². The molecule has 0 aliphatic rings. The lowest BCUT2D eigenvalue weighted by molar-refractivity contribution is 0.114. The van der Waals surface area contributed by atoms with Gasteiger partial charge >= 0.3 is 6.03 Å². The third-order valence-electron chi connectivity index (χ3n) is 4.31. The second-order valence-corrected chi connectivity index (χ2v) is 6.67. The maximum Gasteiger partial charge on any atom is 0.323 e. The van der Waals surface area contributed by atoms with Crippen LogP contribution in [-0.2, 0) is 11.3 Å². The van der Waals surface area contributed by atoms with Gasteiger partial charge < -0.3 is 20.5 Å². The molecule has 0 spiro atoms. The number of halogens is 2. The highest BCUT2D eigenvalue weighted by molar-refractivity contribution is 6.29. The molecule has 0 aliphatic heterocycles. The van der Waals surface area contributed by atoms with Crippen molar-refractivity contribution in [1.82, 2.24) is 29.2 Å². The number of pyridine rings is 1. The number of rotatable bonds is 5. The Kier molecular flexibility index (Phi) is 5.20. The van der Waals surface area contributed by atoms with Crippen LogP contribution in [0, 0.1) is 5.82 Å². The van der Waals surface area contributed by atoms with E-state index in [1.54, 1.807) is 13.0 Å². The Morgan fingerprint density at radius 3 is 2.90 bits per heavy atom. The molecule has 4 heterocycles. The lowest BCUT2D eigenvalue weighted by atomic mass is 10.2. The minimum Gasteiger partial charge on any atom is -0.388 e. The molecule has 0 bridgehead atoms. The fourth-order valence-corrected chi connectivity index (χ4v) is 3.11. The van der Waals surface area contributed by atoms with Crippen molar-refractivity contribution in [1.29, 1.82) is 0 Å². The molecule has 0 fully saturated rings. The fraction of sp³-hybridized carbons (Fsp3) is 0.235. The van der Waals surface area contributed by atoms with Gasteiger partial charge in [-0.3, -0.25) is 0 Å². The summed E-state index contributed by atoms with van der Waals surface area (Å²) in [6, 6.07) is 2.02. The van der Waals surface area contributed by atoms with Crippen molar-refractivity contribution >= 4 is 40.3 Å². The first-order chi connectivity index (χ1) is 14.4. The molecular weight excluding hydrogens is 419 g/mol. The van der Waals surface area contributed by atoms with E-state index in [2.05, 4.69) is 30.8 Å². The average molecular weight is 435 g/mol. The second kappa shape index (κ2) is 7.82. The smallest absolute Gasteiger partial charge is 0.323 e. The molecule has 11 nitrogen and oxygen atoms in total. The van der Waals surface area contributed by atoms with E-state index in [4.69, 9.17) is 21.4 Å². The molecule has 2 amide bonds. The largest absolute Gasteiger partial charge is 0.388 e. The van der Waals surface area contributed by atoms with Gasteiger partial charge in [-0.2, -0.15) is 5.10 Å². The molecule has 4 aromatic rings. The summed E-state index contributed by atoms with van der Waals surface area (Å²) < 4.78 is 22.2. The van der Waals surface area contributed by atoms with Crippen LogP contribution in [0.15, 0.2) is 24.5 Å². The summed E-state index contributed by atoms with van der Waals surface area (Å²) in [5, 5.41) is 22.6. The highest BCUT2D eigenvalue weighted by Crippen LogP contribution is 2.26. The first kappa shape index (κ1) is 19.9. The minimum atomic E-state index is -0.706. The third-order valence-corrected chi connectivity index (χ3v) is 4.49. The first-order valence-corrected chi connectivity index (χ1v) is 9.08. The van der Waals surface area contributed by atoms with E-state index in [1.807, 2.05) is 0 Å². The van der Waals surface area contributed by atoms with Gasteiger partial charge in [0.15, 0.2) is 28.1 Å². The van der Waals surface area contributed by atoms with Gasteiger partial charge in [0.25, 0.3) is 0 Å². The predicted molar refractivity (Wildman–Crippen MR) is 105 cm³/mol. The van der Waals surface area contributed by atoms with Crippen molar-refractivity contribution in [3.63, 3.8) is 0 Å². The van der Waals surface area contributed by atoms with Gasteiger partial charge in [0, 0.05) is 19.2 Å². The SMILES string of the molecule is CO[C@@H](C)c1c(NC(=O)Nc2cc(F)c3nc(CO)nn3c2)cnc2cc(Cl)nn12. The number of aliphatic hydroxyl groups is 1. The molecule has 0 unspecified atom stereocenters. The molecule has 4 aromatic heterocycles. The third kappa shape index (κ3) is 3.63. The van der Waals surface area contributed by atoms with Crippen LogP contribution in [0.3, 0.4) is 0 Å². The van der Waals surface area contributed by atoms with Crippen molar-refractivity contribution in [2.24, 2.45) is 0 Å². The number of urea groups is 1. The Labute approximate surface area is 173 Å². The standard InChI is InChI=1S/C17H16ClFN8O3/c1-8(30-2)15-11(5-20-14-4-12(18)24-27(14)15)22-17(29)21-9-3-10(19)16-23-13(7-28)25-26(16)6-9/h3-6,8,28H,7H2,1-2H3,(H2,21,22,29)/t8-/m0/s1. The molecule has 30 heavy (non-hydrogen) atoms. The Hall–Kier alpha value is -3.35. The second-order valence-electron chi connectivity index (χ2n) is 6.28. The van der Waals surface area contributed by atoms with Gasteiger partial charge in [0.05, 0.1) is 35.6 Å². The monoisotopic (exact) mass is 434 g/mol. The topological polar surface area (TPSA) is 131 Å². The number of ether oxygens (including phenoxy) is 1. The maximum absolute atomic E-state index is 14.2. The average Bonchev–Trinajstić information content (AvgIpc) is 3.29.